The second-order valence-electron chi connectivity index (χ2n) is 7.26. The van der Waals surface area contributed by atoms with Crippen LogP contribution in [0, 0.1) is 0 Å². The Labute approximate surface area is 187 Å². The summed E-state index contributed by atoms with van der Waals surface area (Å²) in [6, 6.07) is 26.2. The number of fused-ring (bicyclic) bond motifs is 3. The van der Waals surface area contributed by atoms with E-state index in [-0.39, 0.29) is 11.5 Å². The molecule has 5 aromatic rings. The molecule has 2 heterocycles. The molecule has 0 saturated heterocycles. The number of rotatable bonds is 5. The summed E-state index contributed by atoms with van der Waals surface area (Å²) in [6.07, 6.45) is 0. The zero-order valence-electron chi connectivity index (χ0n) is 17.2. The number of para-hydroxylation sites is 2. The van der Waals surface area contributed by atoms with Crippen LogP contribution in [0.2, 0.25) is 0 Å². The molecule has 1 amide bonds. The smallest absolute Gasteiger partial charge is 0.262 e. The third kappa shape index (κ3) is 3.54. The maximum atomic E-state index is 13.3. The molecule has 5 rings (SSSR count). The largest absolute Gasteiger partial charge is 0.325 e. The third-order valence-electron chi connectivity index (χ3n) is 5.20. The molecular formula is C24H19N5O2S. The summed E-state index contributed by atoms with van der Waals surface area (Å²) in [4.78, 5) is 26.0. The van der Waals surface area contributed by atoms with E-state index in [1.54, 1.807) is 13.1 Å². The number of hydrogen-bond acceptors (Lipinski definition) is 5. The summed E-state index contributed by atoms with van der Waals surface area (Å²) in [6.45, 7) is 0. The molecule has 3 aromatic carbocycles. The summed E-state index contributed by atoms with van der Waals surface area (Å²) in [5.74, 6) is 0.254. The molecule has 0 aliphatic heterocycles. The lowest BCUT2D eigenvalue weighted by molar-refractivity contribution is -0.115. The monoisotopic (exact) mass is 441 g/mol. The van der Waals surface area contributed by atoms with Crippen LogP contribution >= 0.6 is 11.8 Å². The predicted molar refractivity (Wildman–Crippen MR) is 126 cm³/mol. The van der Waals surface area contributed by atoms with Crippen molar-refractivity contribution in [3.63, 3.8) is 0 Å². The fraction of sp³-hybridized carbons (Fsp3) is 0.0833. The maximum Gasteiger partial charge on any atom is 0.262 e. The van der Waals surface area contributed by atoms with Gasteiger partial charge in [-0.05, 0) is 29.8 Å². The first-order valence-corrected chi connectivity index (χ1v) is 10.9. The van der Waals surface area contributed by atoms with E-state index in [0.717, 1.165) is 11.3 Å². The number of benzene rings is 3. The van der Waals surface area contributed by atoms with Crippen LogP contribution in [0.1, 0.15) is 10.8 Å². The Morgan fingerprint density at radius 3 is 2.31 bits per heavy atom. The maximum absolute atomic E-state index is 13.3. The van der Waals surface area contributed by atoms with E-state index >= 15 is 0 Å². The summed E-state index contributed by atoms with van der Waals surface area (Å²) >= 11 is 1.30. The number of hydrogen-bond donors (Lipinski definition) is 1. The van der Waals surface area contributed by atoms with Crippen molar-refractivity contribution in [1.29, 1.82) is 0 Å². The molecule has 0 aliphatic carbocycles. The Bertz CT molecular complexity index is 1480. The van der Waals surface area contributed by atoms with Crippen LogP contribution in [-0.2, 0) is 11.8 Å². The highest BCUT2D eigenvalue weighted by atomic mass is 32.2. The van der Waals surface area contributed by atoms with Crippen molar-refractivity contribution in [3.05, 3.63) is 101 Å². The van der Waals surface area contributed by atoms with Crippen molar-refractivity contribution in [1.82, 2.24) is 19.2 Å². The summed E-state index contributed by atoms with van der Waals surface area (Å²) in [7, 11) is 1.67. The zero-order chi connectivity index (χ0) is 22.1. The average Bonchev–Trinajstić information content (AvgIpc) is 3.26. The van der Waals surface area contributed by atoms with Gasteiger partial charge in [0.15, 0.2) is 5.16 Å². The van der Waals surface area contributed by atoms with E-state index in [9.17, 15) is 9.59 Å². The van der Waals surface area contributed by atoms with Crippen molar-refractivity contribution in [2.24, 2.45) is 7.05 Å². The number of aryl methyl sites for hydroxylation is 1. The lowest BCUT2D eigenvalue weighted by Gasteiger charge is -2.16. The van der Waals surface area contributed by atoms with Gasteiger partial charge in [-0.15, -0.1) is 10.2 Å². The van der Waals surface area contributed by atoms with Crippen LogP contribution in [-0.4, -0.2) is 25.1 Å². The highest BCUT2D eigenvalue weighted by Crippen LogP contribution is 2.36. The van der Waals surface area contributed by atoms with Gasteiger partial charge in [0, 0.05) is 12.7 Å². The van der Waals surface area contributed by atoms with Crippen molar-refractivity contribution in [2.75, 3.05) is 5.32 Å². The molecule has 0 saturated carbocycles. The van der Waals surface area contributed by atoms with Gasteiger partial charge in [0.2, 0.25) is 11.7 Å². The van der Waals surface area contributed by atoms with E-state index in [4.69, 9.17) is 0 Å². The van der Waals surface area contributed by atoms with Gasteiger partial charge in [-0.25, -0.2) is 0 Å². The molecule has 2 aromatic heterocycles. The molecule has 1 N–H and O–H groups in total. The van der Waals surface area contributed by atoms with Gasteiger partial charge < -0.3 is 5.32 Å². The van der Waals surface area contributed by atoms with Gasteiger partial charge in [-0.2, -0.15) is 0 Å². The minimum absolute atomic E-state index is 0.140. The summed E-state index contributed by atoms with van der Waals surface area (Å²) < 4.78 is 3.30. The van der Waals surface area contributed by atoms with E-state index < -0.39 is 5.25 Å². The SMILES string of the molecule is Cn1c(=O)c2ccccc2n2c(SC(C(=O)Nc3ccccc3)c3ccccc3)nnc12. The van der Waals surface area contributed by atoms with Crippen LogP contribution in [0.15, 0.2) is 94.9 Å². The van der Waals surface area contributed by atoms with Gasteiger partial charge in [0.05, 0.1) is 10.9 Å². The van der Waals surface area contributed by atoms with E-state index in [1.807, 2.05) is 83.3 Å². The first kappa shape index (κ1) is 20.0. The van der Waals surface area contributed by atoms with Gasteiger partial charge in [0.25, 0.3) is 5.56 Å². The van der Waals surface area contributed by atoms with Crippen LogP contribution < -0.4 is 10.9 Å². The van der Waals surface area contributed by atoms with Crippen molar-refractivity contribution < 1.29 is 4.79 Å². The fourth-order valence-electron chi connectivity index (χ4n) is 3.62. The molecule has 1 unspecified atom stereocenters. The number of thioether (sulfide) groups is 1. The topological polar surface area (TPSA) is 81.3 Å². The Balaban J connectivity index is 1.61. The van der Waals surface area contributed by atoms with Crippen LogP contribution in [0.25, 0.3) is 16.7 Å². The first-order valence-electron chi connectivity index (χ1n) is 10.0. The standard InChI is InChI=1S/C24H19N5O2S/c1-28-22(31)18-14-8-9-15-19(18)29-23(28)26-27-24(29)32-20(16-10-4-2-5-11-16)21(30)25-17-12-6-3-7-13-17/h2-15,20H,1H3,(H,25,30). The Morgan fingerprint density at radius 2 is 1.56 bits per heavy atom. The highest BCUT2D eigenvalue weighted by molar-refractivity contribution is 8.00. The first-order chi connectivity index (χ1) is 15.6. The highest BCUT2D eigenvalue weighted by Gasteiger charge is 2.26. The number of aromatic nitrogens is 4. The number of carbonyl (C=O) groups is 1. The average molecular weight is 442 g/mol. The molecular weight excluding hydrogens is 422 g/mol. The normalized spacial score (nSPS) is 12.2. The van der Waals surface area contributed by atoms with Crippen LogP contribution in [0.4, 0.5) is 5.69 Å². The lowest BCUT2D eigenvalue weighted by atomic mass is 10.1. The molecule has 0 fully saturated rings. The van der Waals surface area contributed by atoms with Crippen molar-refractivity contribution in [2.45, 2.75) is 10.4 Å². The molecule has 8 heteroatoms. The van der Waals surface area contributed by atoms with E-state index in [0.29, 0.717) is 21.8 Å². The Kier molecular flexibility index (Phi) is 5.20. The van der Waals surface area contributed by atoms with E-state index in [2.05, 4.69) is 15.5 Å². The molecule has 0 bridgehead atoms. The lowest BCUT2D eigenvalue weighted by Crippen LogP contribution is -2.21. The quantitative estimate of drug-likeness (QED) is 0.416. The Morgan fingerprint density at radius 1 is 0.906 bits per heavy atom. The minimum Gasteiger partial charge on any atom is -0.325 e. The molecule has 0 radical (unpaired) electrons. The van der Waals surface area contributed by atoms with Crippen molar-refractivity contribution >= 4 is 40.0 Å². The number of anilines is 1. The van der Waals surface area contributed by atoms with Crippen LogP contribution in [0.5, 0.6) is 0 Å². The molecule has 1 atom stereocenters. The third-order valence-corrected chi connectivity index (χ3v) is 6.40. The Hall–Kier alpha value is -3.91. The second kappa shape index (κ2) is 8.32. The number of nitrogens with zero attached hydrogens (tertiary/aromatic N) is 4. The number of amides is 1. The van der Waals surface area contributed by atoms with Gasteiger partial charge in [-0.1, -0.05) is 72.4 Å². The van der Waals surface area contributed by atoms with E-state index in [1.165, 1.54) is 16.3 Å². The molecule has 158 valence electrons. The molecule has 7 nitrogen and oxygen atoms in total. The molecule has 0 aliphatic rings. The van der Waals surface area contributed by atoms with Gasteiger partial charge >= 0.3 is 0 Å². The zero-order valence-corrected chi connectivity index (χ0v) is 18.0. The number of nitrogens with one attached hydrogen (secondary N) is 1. The van der Waals surface area contributed by atoms with Crippen molar-refractivity contribution in [3.8, 4) is 0 Å². The predicted octanol–water partition coefficient (Wildman–Crippen LogP) is 4.05. The molecule has 32 heavy (non-hydrogen) atoms. The number of carbonyl (C=O) groups excluding carboxylic acids is 1. The molecule has 0 spiro atoms. The fourth-order valence-corrected chi connectivity index (χ4v) is 4.67. The second-order valence-corrected chi connectivity index (χ2v) is 8.34. The summed E-state index contributed by atoms with van der Waals surface area (Å²) in [5.41, 5.74) is 2.13. The van der Waals surface area contributed by atoms with Gasteiger partial charge in [-0.3, -0.25) is 18.6 Å². The summed E-state index contributed by atoms with van der Waals surface area (Å²) in [5, 5.41) is 12.1. The van der Waals surface area contributed by atoms with Crippen LogP contribution in [0.3, 0.4) is 0 Å². The minimum atomic E-state index is -0.570. The van der Waals surface area contributed by atoms with Gasteiger partial charge in [0.1, 0.15) is 5.25 Å².